The van der Waals surface area contributed by atoms with Crippen molar-refractivity contribution in [1.29, 1.82) is 0 Å². The van der Waals surface area contributed by atoms with E-state index in [0.29, 0.717) is 17.8 Å². The van der Waals surface area contributed by atoms with Crippen molar-refractivity contribution < 1.29 is 0 Å². The van der Waals surface area contributed by atoms with Crippen molar-refractivity contribution in [1.82, 2.24) is 0 Å². The molecular weight excluding hydrogens is 192 g/mol. The number of terminal acetylenes is 1. The van der Waals surface area contributed by atoms with Crippen molar-refractivity contribution in [3.05, 3.63) is 0 Å². The lowest BCUT2D eigenvalue weighted by Crippen LogP contribution is -2.31. The van der Waals surface area contributed by atoms with E-state index in [-0.39, 0.29) is 0 Å². The second kappa shape index (κ2) is 7.77. The van der Waals surface area contributed by atoms with E-state index in [1.165, 1.54) is 19.3 Å². The lowest BCUT2D eigenvalue weighted by molar-refractivity contribution is 0.132. The van der Waals surface area contributed by atoms with Gasteiger partial charge in [-0.25, -0.2) is 0 Å². The van der Waals surface area contributed by atoms with Crippen LogP contribution >= 0.6 is 0 Å². The number of rotatable bonds is 7. The quantitative estimate of drug-likeness (QED) is 0.532. The zero-order valence-electron chi connectivity index (χ0n) is 12.1. The van der Waals surface area contributed by atoms with Gasteiger partial charge in [-0.05, 0) is 23.7 Å². The van der Waals surface area contributed by atoms with Gasteiger partial charge < -0.3 is 0 Å². The molecule has 0 saturated carbocycles. The molecule has 3 unspecified atom stereocenters. The first-order valence-corrected chi connectivity index (χ1v) is 6.99. The van der Waals surface area contributed by atoms with E-state index in [1.54, 1.807) is 0 Å². The Bertz CT molecular complexity index is 205. The molecule has 0 heteroatoms. The summed E-state index contributed by atoms with van der Waals surface area (Å²) in [5, 5.41) is 0. The van der Waals surface area contributed by atoms with Crippen molar-refractivity contribution in [2.45, 2.75) is 60.8 Å². The van der Waals surface area contributed by atoms with Gasteiger partial charge in [0.05, 0.1) is 0 Å². The largest absolute Gasteiger partial charge is 0.120 e. The Balaban J connectivity index is 4.91. The molecule has 16 heavy (non-hydrogen) atoms. The molecule has 0 aliphatic rings. The van der Waals surface area contributed by atoms with Crippen LogP contribution in [0.15, 0.2) is 0 Å². The third-order valence-corrected chi connectivity index (χ3v) is 4.23. The molecule has 0 fully saturated rings. The molecule has 3 atom stereocenters. The smallest absolute Gasteiger partial charge is 0.0205 e. The van der Waals surface area contributed by atoms with E-state index >= 15 is 0 Å². The second-order valence-electron chi connectivity index (χ2n) is 5.43. The highest BCUT2D eigenvalue weighted by Gasteiger charge is 2.31. The zero-order chi connectivity index (χ0) is 12.7. The van der Waals surface area contributed by atoms with Crippen molar-refractivity contribution in [2.75, 3.05) is 0 Å². The lowest BCUT2D eigenvalue weighted by atomic mass is 9.68. The van der Waals surface area contributed by atoms with E-state index in [0.717, 1.165) is 11.8 Å². The van der Waals surface area contributed by atoms with Crippen LogP contribution in [0.5, 0.6) is 0 Å². The van der Waals surface area contributed by atoms with Crippen molar-refractivity contribution >= 4 is 0 Å². The summed E-state index contributed by atoms with van der Waals surface area (Å²) in [5.41, 5.74) is 0. The summed E-state index contributed by atoms with van der Waals surface area (Å²) >= 11 is 0. The summed E-state index contributed by atoms with van der Waals surface area (Å²) in [6, 6.07) is 0. The summed E-state index contributed by atoms with van der Waals surface area (Å²) in [5.74, 6) is 6.38. The Morgan fingerprint density at radius 1 is 0.938 bits per heavy atom. The summed E-state index contributed by atoms with van der Waals surface area (Å²) in [7, 11) is 0. The van der Waals surface area contributed by atoms with Crippen molar-refractivity contribution in [3.8, 4) is 12.3 Å². The highest BCUT2D eigenvalue weighted by atomic mass is 14.4. The van der Waals surface area contributed by atoms with E-state index in [9.17, 15) is 0 Å². The minimum absolute atomic E-state index is 0.408. The first kappa shape index (κ1) is 15.6. The first-order valence-electron chi connectivity index (χ1n) is 6.99. The average Bonchev–Trinajstić information content (AvgIpc) is 2.27. The minimum atomic E-state index is 0.408. The molecule has 0 spiro atoms. The Morgan fingerprint density at radius 2 is 1.44 bits per heavy atom. The van der Waals surface area contributed by atoms with E-state index in [2.05, 4.69) is 47.5 Å². The van der Waals surface area contributed by atoms with Gasteiger partial charge in [0.2, 0.25) is 0 Å². The van der Waals surface area contributed by atoms with Gasteiger partial charge in [-0.3, -0.25) is 0 Å². The molecule has 0 aliphatic carbocycles. The summed E-state index contributed by atoms with van der Waals surface area (Å²) < 4.78 is 0. The molecule has 0 heterocycles. The van der Waals surface area contributed by atoms with Gasteiger partial charge in [0, 0.05) is 5.92 Å². The van der Waals surface area contributed by atoms with Crippen LogP contribution in [-0.2, 0) is 0 Å². The fraction of sp³-hybridized carbons (Fsp3) is 0.875. The van der Waals surface area contributed by atoms with Gasteiger partial charge in [-0.1, -0.05) is 60.8 Å². The summed E-state index contributed by atoms with van der Waals surface area (Å²) in [4.78, 5) is 0. The maximum absolute atomic E-state index is 5.64. The van der Waals surface area contributed by atoms with Crippen LogP contribution in [0.1, 0.15) is 60.8 Å². The van der Waals surface area contributed by atoms with Crippen molar-refractivity contribution in [3.63, 3.8) is 0 Å². The Labute approximate surface area is 103 Å². The van der Waals surface area contributed by atoms with Crippen LogP contribution < -0.4 is 0 Å². The van der Waals surface area contributed by atoms with Gasteiger partial charge in [-0.15, -0.1) is 12.3 Å². The summed E-state index contributed by atoms with van der Waals surface area (Å²) in [6.07, 6.45) is 9.48. The Hall–Kier alpha value is -0.440. The molecule has 94 valence electrons. The third kappa shape index (κ3) is 3.85. The van der Waals surface area contributed by atoms with Crippen LogP contribution in [0, 0.1) is 41.9 Å². The topological polar surface area (TPSA) is 0 Å². The molecular formula is C16H30. The molecule has 0 aromatic carbocycles. The molecule has 0 radical (unpaired) electrons. The fourth-order valence-electron chi connectivity index (χ4n) is 3.37. The zero-order valence-corrected chi connectivity index (χ0v) is 12.1. The number of hydrogen-bond donors (Lipinski definition) is 0. The highest BCUT2D eigenvalue weighted by molar-refractivity contribution is 4.97. The molecule has 0 saturated heterocycles. The van der Waals surface area contributed by atoms with Crippen LogP contribution in [-0.4, -0.2) is 0 Å². The molecule has 0 aliphatic heterocycles. The predicted molar refractivity (Wildman–Crippen MR) is 74.2 cm³/mol. The van der Waals surface area contributed by atoms with Crippen LogP contribution in [0.4, 0.5) is 0 Å². The first-order chi connectivity index (χ1) is 7.53. The molecule has 0 aromatic rings. The van der Waals surface area contributed by atoms with Gasteiger partial charge in [0.1, 0.15) is 0 Å². The second-order valence-corrected chi connectivity index (χ2v) is 5.43. The van der Waals surface area contributed by atoms with Crippen LogP contribution in [0.25, 0.3) is 0 Å². The average molecular weight is 222 g/mol. The minimum Gasteiger partial charge on any atom is -0.120 e. The SMILES string of the molecule is C#CC(C)C(C(C)C)C(CC)C(CC)CC. The monoisotopic (exact) mass is 222 g/mol. The van der Waals surface area contributed by atoms with Crippen LogP contribution in [0.2, 0.25) is 0 Å². The molecule has 0 amide bonds. The maximum atomic E-state index is 5.64. The molecule has 0 nitrogen and oxygen atoms in total. The lowest BCUT2D eigenvalue weighted by Gasteiger charge is -2.37. The van der Waals surface area contributed by atoms with Gasteiger partial charge >= 0.3 is 0 Å². The Kier molecular flexibility index (Phi) is 7.56. The van der Waals surface area contributed by atoms with E-state index < -0.39 is 0 Å². The fourth-order valence-corrected chi connectivity index (χ4v) is 3.37. The predicted octanol–water partition coefficient (Wildman–Crippen LogP) is 4.99. The van der Waals surface area contributed by atoms with Crippen molar-refractivity contribution in [2.24, 2.45) is 29.6 Å². The summed E-state index contributed by atoms with van der Waals surface area (Å²) in [6.45, 7) is 13.8. The van der Waals surface area contributed by atoms with Gasteiger partial charge in [0.25, 0.3) is 0 Å². The van der Waals surface area contributed by atoms with Gasteiger partial charge in [0.15, 0.2) is 0 Å². The maximum Gasteiger partial charge on any atom is 0.0205 e. The number of hydrogen-bond acceptors (Lipinski definition) is 0. The highest BCUT2D eigenvalue weighted by Crippen LogP contribution is 2.38. The standard InChI is InChI=1S/C16H30/c1-8-13(7)16(12(5)6)15(11-4)14(9-2)10-3/h1,12-16H,9-11H2,2-7H3. The van der Waals surface area contributed by atoms with E-state index in [4.69, 9.17) is 6.42 Å². The normalized spacial score (nSPS) is 17.2. The molecule has 0 aromatic heterocycles. The Morgan fingerprint density at radius 3 is 1.69 bits per heavy atom. The van der Waals surface area contributed by atoms with Gasteiger partial charge in [-0.2, -0.15) is 0 Å². The third-order valence-electron chi connectivity index (χ3n) is 4.23. The molecule has 0 N–H and O–H groups in total. The molecule has 0 rings (SSSR count). The van der Waals surface area contributed by atoms with Crippen LogP contribution in [0.3, 0.4) is 0 Å². The van der Waals surface area contributed by atoms with E-state index in [1.807, 2.05) is 0 Å². The molecule has 0 bridgehead atoms.